The number of nitrogens with zero attached hydrogens (tertiary/aromatic N) is 1. The SMILES string of the molecule is CNCC1CCCN(C(=O)c2ccc(-c3ccc(F)cc3C)c(F)c2)C1.Cl. The summed E-state index contributed by atoms with van der Waals surface area (Å²) in [4.78, 5) is 14.6. The van der Waals surface area contributed by atoms with Gasteiger partial charge in [-0.05, 0) is 74.7 Å². The fourth-order valence-electron chi connectivity index (χ4n) is 3.68. The monoisotopic (exact) mass is 394 g/mol. The van der Waals surface area contributed by atoms with E-state index >= 15 is 0 Å². The molecule has 1 aliphatic rings. The summed E-state index contributed by atoms with van der Waals surface area (Å²) in [6.07, 6.45) is 2.06. The Balaban J connectivity index is 0.00000261. The van der Waals surface area contributed by atoms with Crippen molar-refractivity contribution in [3.63, 3.8) is 0 Å². The van der Waals surface area contributed by atoms with Crippen molar-refractivity contribution in [2.75, 3.05) is 26.7 Å². The van der Waals surface area contributed by atoms with Gasteiger partial charge in [0.25, 0.3) is 5.91 Å². The summed E-state index contributed by atoms with van der Waals surface area (Å²) in [7, 11) is 1.91. The maximum atomic E-state index is 14.7. The van der Waals surface area contributed by atoms with Crippen molar-refractivity contribution in [3.05, 3.63) is 59.2 Å². The Morgan fingerprint density at radius 3 is 2.59 bits per heavy atom. The van der Waals surface area contributed by atoms with Crippen LogP contribution in [-0.2, 0) is 0 Å². The third-order valence-corrected chi connectivity index (χ3v) is 4.99. The molecule has 1 atom stereocenters. The molecule has 1 unspecified atom stereocenters. The van der Waals surface area contributed by atoms with Crippen LogP contribution in [-0.4, -0.2) is 37.5 Å². The number of hydrogen-bond donors (Lipinski definition) is 1. The highest BCUT2D eigenvalue weighted by Gasteiger charge is 2.24. The molecule has 3 nitrogen and oxygen atoms in total. The van der Waals surface area contributed by atoms with Crippen LogP contribution >= 0.6 is 12.4 Å². The first-order chi connectivity index (χ1) is 12.5. The highest BCUT2D eigenvalue weighted by molar-refractivity contribution is 5.95. The Labute approximate surface area is 165 Å². The number of hydrogen-bond acceptors (Lipinski definition) is 2. The number of piperidine rings is 1. The van der Waals surface area contributed by atoms with Gasteiger partial charge in [0.2, 0.25) is 0 Å². The first-order valence-electron chi connectivity index (χ1n) is 8.99. The molecule has 1 heterocycles. The van der Waals surface area contributed by atoms with Crippen molar-refractivity contribution in [3.8, 4) is 11.1 Å². The lowest BCUT2D eigenvalue weighted by atomic mass is 9.96. The van der Waals surface area contributed by atoms with E-state index in [9.17, 15) is 13.6 Å². The van der Waals surface area contributed by atoms with E-state index in [1.165, 1.54) is 18.2 Å². The van der Waals surface area contributed by atoms with Gasteiger partial charge >= 0.3 is 0 Å². The van der Waals surface area contributed by atoms with Crippen LogP contribution in [0.2, 0.25) is 0 Å². The van der Waals surface area contributed by atoms with Gasteiger partial charge in [-0.3, -0.25) is 4.79 Å². The minimum atomic E-state index is -0.464. The molecule has 0 aromatic heterocycles. The minimum absolute atomic E-state index is 0. The Bertz CT molecular complexity index is 811. The van der Waals surface area contributed by atoms with Crippen molar-refractivity contribution >= 4 is 18.3 Å². The Kier molecular flexibility index (Phi) is 7.33. The average molecular weight is 395 g/mol. The van der Waals surface area contributed by atoms with Gasteiger partial charge in [0.05, 0.1) is 0 Å². The standard InChI is InChI=1S/C21H24F2N2O.ClH/c1-14-10-17(22)6-8-18(14)19-7-5-16(11-20(19)23)21(26)25-9-3-4-15(13-25)12-24-2;/h5-8,10-11,15,24H,3-4,9,12-13H2,1-2H3;1H. The summed E-state index contributed by atoms with van der Waals surface area (Å²) in [5.74, 6) is -0.509. The van der Waals surface area contributed by atoms with E-state index in [4.69, 9.17) is 0 Å². The van der Waals surface area contributed by atoms with Gasteiger partial charge in [-0.1, -0.05) is 12.1 Å². The van der Waals surface area contributed by atoms with Crippen LogP contribution in [0.1, 0.15) is 28.8 Å². The third-order valence-electron chi connectivity index (χ3n) is 4.99. The molecule has 1 saturated heterocycles. The van der Waals surface area contributed by atoms with Crippen molar-refractivity contribution < 1.29 is 13.6 Å². The maximum Gasteiger partial charge on any atom is 0.253 e. The lowest BCUT2D eigenvalue weighted by molar-refractivity contribution is 0.0674. The molecular formula is C21H25ClF2N2O. The first-order valence-corrected chi connectivity index (χ1v) is 8.99. The molecule has 1 aliphatic heterocycles. The number of nitrogens with one attached hydrogen (secondary N) is 1. The fraction of sp³-hybridized carbons (Fsp3) is 0.381. The minimum Gasteiger partial charge on any atom is -0.338 e. The van der Waals surface area contributed by atoms with E-state index in [2.05, 4.69) is 5.32 Å². The van der Waals surface area contributed by atoms with Gasteiger partial charge in [-0.25, -0.2) is 8.78 Å². The molecule has 1 amide bonds. The largest absolute Gasteiger partial charge is 0.338 e. The summed E-state index contributed by atoms with van der Waals surface area (Å²) < 4.78 is 27.9. The Hall–Kier alpha value is -1.98. The molecule has 3 rings (SSSR count). The van der Waals surface area contributed by atoms with Crippen molar-refractivity contribution in [1.29, 1.82) is 0 Å². The number of halogens is 3. The highest BCUT2D eigenvalue weighted by Crippen LogP contribution is 2.28. The van der Waals surface area contributed by atoms with E-state index in [1.54, 1.807) is 25.1 Å². The Morgan fingerprint density at radius 2 is 1.93 bits per heavy atom. The second kappa shape index (κ2) is 9.29. The van der Waals surface area contributed by atoms with Gasteiger partial charge in [0, 0.05) is 24.2 Å². The molecule has 0 aliphatic carbocycles. The molecule has 0 spiro atoms. The molecule has 2 aromatic carbocycles. The fourth-order valence-corrected chi connectivity index (χ4v) is 3.68. The maximum absolute atomic E-state index is 14.7. The van der Waals surface area contributed by atoms with Crippen LogP contribution < -0.4 is 5.32 Å². The van der Waals surface area contributed by atoms with Crippen LogP contribution in [0.25, 0.3) is 11.1 Å². The summed E-state index contributed by atoms with van der Waals surface area (Å²) in [6, 6.07) is 8.82. The lowest BCUT2D eigenvalue weighted by Gasteiger charge is -2.32. The molecule has 1 N–H and O–H groups in total. The molecule has 6 heteroatoms. The molecule has 0 bridgehead atoms. The molecule has 0 saturated carbocycles. The predicted octanol–water partition coefficient (Wildman–Crippen LogP) is 4.43. The van der Waals surface area contributed by atoms with Gasteiger partial charge in [-0.15, -0.1) is 12.4 Å². The topological polar surface area (TPSA) is 32.3 Å². The smallest absolute Gasteiger partial charge is 0.253 e. The number of rotatable bonds is 4. The summed E-state index contributed by atoms with van der Waals surface area (Å²) in [6.45, 7) is 4.02. The van der Waals surface area contributed by atoms with Gasteiger partial charge in [0.1, 0.15) is 11.6 Å². The first kappa shape index (κ1) is 21.3. The summed E-state index contributed by atoms with van der Waals surface area (Å²) in [5, 5.41) is 3.16. The van der Waals surface area contributed by atoms with E-state index < -0.39 is 5.82 Å². The van der Waals surface area contributed by atoms with Crippen LogP contribution in [0.5, 0.6) is 0 Å². The van der Waals surface area contributed by atoms with Crippen molar-refractivity contribution in [2.24, 2.45) is 5.92 Å². The lowest BCUT2D eigenvalue weighted by Crippen LogP contribution is -2.42. The van der Waals surface area contributed by atoms with Gasteiger partial charge in [0.15, 0.2) is 0 Å². The zero-order chi connectivity index (χ0) is 18.7. The number of carbonyl (C=O) groups excluding carboxylic acids is 1. The highest BCUT2D eigenvalue weighted by atomic mass is 35.5. The van der Waals surface area contributed by atoms with Crippen molar-refractivity contribution in [2.45, 2.75) is 19.8 Å². The summed E-state index contributed by atoms with van der Waals surface area (Å²) in [5.41, 5.74) is 2.03. The number of amides is 1. The average Bonchev–Trinajstić information content (AvgIpc) is 2.62. The zero-order valence-corrected chi connectivity index (χ0v) is 16.4. The predicted molar refractivity (Wildman–Crippen MR) is 106 cm³/mol. The van der Waals surface area contributed by atoms with Gasteiger partial charge < -0.3 is 10.2 Å². The normalized spacial score (nSPS) is 16.7. The summed E-state index contributed by atoms with van der Waals surface area (Å²) >= 11 is 0. The molecule has 1 fully saturated rings. The van der Waals surface area contributed by atoms with Crippen LogP contribution in [0.3, 0.4) is 0 Å². The van der Waals surface area contributed by atoms with Crippen LogP contribution in [0.15, 0.2) is 36.4 Å². The van der Waals surface area contributed by atoms with Gasteiger partial charge in [-0.2, -0.15) is 0 Å². The number of likely N-dealkylation sites (tertiary alicyclic amines) is 1. The van der Waals surface area contributed by atoms with E-state index in [0.717, 1.165) is 19.4 Å². The van der Waals surface area contributed by atoms with Crippen LogP contribution in [0.4, 0.5) is 8.78 Å². The zero-order valence-electron chi connectivity index (χ0n) is 15.6. The number of aryl methyl sites for hydroxylation is 1. The Morgan fingerprint density at radius 1 is 1.19 bits per heavy atom. The second-order valence-corrected chi connectivity index (χ2v) is 6.97. The van der Waals surface area contributed by atoms with Crippen LogP contribution in [0, 0.1) is 24.5 Å². The molecule has 0 radical (unpaired) electrons. The van der Waals surface area contributed by atoms with E-state index in [0.29, 0.717) is 41.3 Å². The molecule has 27 heavy (non-hydrogen) atoms. The molecule has 146 valence electrons. The molecule has 2 aromatic rings. The number of benzene rings is 2. The van der Waals surface area contributed by atoms with E-state index in [1.807, 2.05) is 11.9 Å². The quantitative estimate of drug-likeness (QED) is 0.831. The van der Waals surface area contributed by atoms with Crippen molar-refractivity contribution in [1.82, 2.24) is 10.2 Å². The number of carbonyl (C=O) groups is 1. The second-order valence-electron chi connectivity index (χ2n) is 6.97. The van der Waals surface area contributed by atoms with E-state index in [-0.39, 0.29) is 24.1 Å². The molecular weight excluding hydrogens is 370 g/mol. The third kappa shape index (κ3) is 4.85.